The minimum Gasteiger partial charge on any atom is -0.366 e. The molecular formula is C20H22N4. The van der Waals surface area contributed by atoms with Gasteiger partial charge in [-0.1, -0.05) is 63.2 Å². The second kappa shape index (κ2) is 5.48. The van der Waals surface area contributed by atoms with Crippen molar-refractivity contribution in [2.45, 2.75) is 27.3 Å². The largest absolute Gasteiger partial charge is 0.366 e. The van der Waals surface area contributed by atoms with Crippen LogP contribution < -0.4 is 4.90 Å². The molecule has 4 nitrogen and oxygen atoms in total. The number of aromatic nitrogens is 3. The van der Waals surface area contributed by atoms with E-state index < -0.39 is 0 Å². The topological polar surface area (TPSA) is 44.8 Å². The van der Waals surface area contributed by atoms with E-state index in [0.29, 0.717) is 0 Å². The van der Waals surface area contributed by atoms with E-state index in [1.165, 1.54) is 11.3 Å². The van der Waals surface area contributed by atoms with Crippen LogP contribution in [0.25, 0.3) is 22.5 Å². The molecule has 1 aromatic heterocycles. The summed E-state index contributed by atoms with van der Waals surface area (Å²) in [4.78, 5) is 2.46. The van der Waals surface area contributed by atoms with Crippen LogP contribution in [0, 0.1) is 5.41 Å². The van der Waals surface area contributed by atoms with Gasteiger partial charge in [0.05, 0.1) is 0 Å². The summed E-state index contributed by atoms with van der Waals surface area (Å²) in [5, 5.41) is 11.7. The number of anilines is 1. The lowest BCUT2D eigenvalue weighted by atomic mass is 9.92. The molecule has 4 rings (SSSR count). The SMILES string of the molecule is CC(C)(C)CN1Cc2ccccc2-c2n[nH]nc2-c2ccccc21. The van der Waals surface area contributed by atoms with E-state index in [4.69, 9.17) is 0 Å². The molecule has 0 amide bonds. The highest BCUT2D eigenvalue weighted by molar-refractivity contribution is 5.87. The minimum absolute atomic E-state index is 0.202. The maximum Gasteiger partial charge on any atom is 0.122 e. The third-order valence-corrected chi connectivity index (χ3v) is 4.35. The van der Waals surface area contributed by atoms with Gasteiger partial charge in [-0.15, -0.1) is 0 Å². The highest BCUT2D eigenvalue weighted by Crippen LogP contribution is 2.40. The minimum atomic E-state index is 0.202. The van der Waals surface area contributed by atoms with Gasteiger partial charge in [-0.2, -0.15) is 15.4 Å². The van der Waals surface area contributed by atoms with Gasteiger partial charge in [0.1, 0.15) is 11.4 Å². The van der Waals surface area contributed by atoms with E-state index in [1.54, 1.807) is 0 Å². The van der Waals surface area contributed by atoms with Crippen molar-refractivity contribution < 1.29 is 0 Å². The van der Waals surface area contributed by atoms with Gasteiger partial charge in [-0.05, 0) is 17.0 Å². The predicted molar refractivity (Wildman–Crippen MR) is 97.8 cm³/mol. The molecule has 24 heavy (non-hydrogen) atoms. The molecule has 0 fully saturated rings. The van der Waals surface area contributed by atoms with Crippen molar-refractivity contribution in [1.29, 1.82) is 0 Å². The van der Waals surface area contributed by atoms with Crippen LogP contribution >= 0.6 is 0 Å². The average molecular weight is 318 g/mol. The van der Waals surface area contributed by atoms with Crippen LogP contribution in [-0.4, -0.2) is 22.0 Å². The van der Waals surface area contributed by atoms with Crippen molar-refractivity contribution in [3.05, 3.63) is 54.1 Å². The number of para-hydroxylation sites is 1. The fourth-order valence-electron chi connectivity index (χ4n) is 3.45. The molecule has 3 aromatic rings. The third-order valence-electron chi connectivity index (χ3n) is 4.35. The summed E-state index contributed by atoms with van der Waals surface area (Å²) in [6.07, 6.45) is 0. The van der Waals surface area contributed by atoms with E-state index >= 15 is 0 Å². The number of hydrogen-bond acceptors (Lipinski definition) is 3. The van der Waals surface area contributed by atoms with Gasteiger partial charge < -0.3 is 4.90 Å². The second-order valence-corrected chi connectivity index (χ2v) is 7.61. The lowest BCUT2D eigenvalue weighted by Gasteiger charge is -2.34. The first-order valence-electron chi connectivity index (χ1n) is 8.36. The zero-order chi connectivity index (χ0) is 16.7. The molecule has 0 aliphatic carbocycles. The Morgan fingerprint density at radius 2 is 1.54 bits per heavy atom. The van der Waals surface area contributed by atoms with Gasteiger partial charge in [-0.3, -0.25) is 0 Å². The summed E-state index contributed by atoms with van der Waals surface area (Å²) in [6.45, 7) is 8.69. The van der Waals surface area contributed by atoms with Gasteiger partial charge in [0.2, 0.25) is 0 Å². The zero-order valence-corrected chi connectivity index (χ0v) is 14.4. The molecule has 2 heterocycles. The molecule has 2 aromatic carbocycles. The monoisotopic (exact) mass is 318 g/mol. The van der Waals surface area contributed by atoms with Gasteiger partial charge in [-0.25, -0.2) is 0 Å². The Morgan fingerprint density at radius 3 is 2.29 bits per heavy atom. The third kappa shape index (κ3) is 2.58. The number of H-pyrrole nitrogens is 1. The maximum absolute atomic E-state index is 4.47. The number of nitrogens with one attached hydrogen (secondary N) is 1. The highest BCUT2D eigenvalue weighted by Gasteiger charge is 2.26. The Balaban J connectivity index is 1.97. The normalized spacial score (nSPS) is 13.5. The second-order valence-electron chi connectivity index (χ2n) is 7.61. The molecule has 4 heteroatoms. The Hall–Kier alpha value is -2.62. The summed E-state index contributed by atoms with van der Waals surface area (Å²) < 4.78 is 0. The molecule has 0 bridgehead atoms. The van der Waals surface area contributed by atoms with Gasteiger partial charge >= 0.3 is 0 Å². The summed E-state index contributed by atoms with van der Waals surface area (Å²) >= 11 is 0. The number of nitrogens with zero attached hydrogens (tertiary/aromatic N) is 3. The van der Waals surface area contributed by atoms with E-state index in [0.717, 1.165) is 35.6 Å². The first kappa shape index (κ1) is 14.9. The molecule has 122 valence electrons. The van der Waals surface area contributed by atoms with Crippen molar-refractivity contribution in [1.82, 2.24) is 15.4 Å². The van der Waals surface area contributed by atoms with Gasteiger partial charge in [0.15, 0.2) is 0 Å². The number of benzene rings is 2. The van der Waals surface area contributed by atoms with Crippen molar-refractivity contribution in [2.75, 3.05) is 11.4 Å². The van der Waals surface area contributed by atoms with Crippen LogP contribution in [0.15, 0.2) is 48.5 Å². The molecule has 1 aliphatic rings. The van der Waals surface area contributed by atoms with Crippen LogP contribution in [0.1, 0.15) is 26.3 Å². The van der Waals surface area contributed by atoms with Crippen LogP contribution in [0.5, 0.6) is 0 Å². The van der Waals surface area contributed by atoms with Crippen molar-refractivity contribution >= 4 is 5.69 Å². The fraction of sp³-hybridized carbons (Fsp3) is 0.300. The van der Waals surface area contributed by atoms with Crippen molar-refractivity contribution in [3.63, 3.8) is 0 Å². The summed E-state index contributed by atoms with van der Waals surface area (Å²) in [5.74, 6) is 0. The van der Waals surface area contributed by atoms with E-state index in [1.807, 2.05) is 0 Å². The van der Waals surface area contributed by atoms with Gasteiger partial charge in [0, 0.05) is 29.9 Å². The molecule has 1 N–H and O–H groups in total. The average Bonchev–Trinajstić information content (AvgIpc) is 3.01. The fourth-order valence-corrected chi connectivity index (χ4v) is 3.45. The number of hydrogen-bond donors (Lipinski definition) is 1. The number of fused-ring (bicyclic) bond motifs is 5. The van der Waals surface area contributed by atoms with Crippen molar-refractivity contribution in [3.8, 4) is 22.5 Å². The lowest BCUT2D eigenvalue weighted by molar-refractivity contribution is 0.409. The van der Waals surface area contributed by atoms with E-state index in [2.05, 4.69) is 89.6 Å². The molecule has 0 unspecified atom stereocenters. The van der Waals surface area contributed by atoms with E-state index in [9.17, 15) is 0 Å². The zero-order valence-electron chi connectivity index (χ0n) is 14.4. The Labute approximate surface area is 142 Å². The molecule has 1 aliphatic heterocycles. The maximum atomic E-state index is 4.47. The molecule has 0 spiro atoms. The molecular weight excluding hydrogens is 296 g/mol. The first-order valence-corrected chi connectivity index (χ1v) is 8.36. The quantitative estimate of drug-likeness (QED) is 0.718. The Kier molecular flexibility index (Phi) is 3.41. The molecule has 0 saturated heterocycles. The summed E-state index contributed by atoms with van der Waals surface area (Å²) in [5.41, 5.74) is 6.87. The Bertz CT molecular complexity index is 873. The first-order chi connectivity index (χ1) is 11.5. The van der Waals surface area contributed by atoms with Gasteiger partial charge in [0.25, 0.3) is 0 Å². The lowest BCUT2D eigenvalue weighted by Crippen LogP contribution is -2.33. The Morgan fingerprint density at radius 1 is 0.917 bits per heavy atom. The molecule has 0 saturated carbocycles. The highest BCUT2D eigenvalue weighted by atomic mass is 15.3. The van der Waals surface area contributed by atoms with Crippen LogP contribution in [0.2, 0.25) is 0 Å². The van der Waals surface area contributed by atoms with Crippen molar-refractivity contribution in [2.24, 2.45) is 5.41 Å². The molecule has 0 radical (unpaired) electrons. The van der Waals surface area contributed by atoms with Crippen LogP contribution in [-0.2, 0) is 6.54 Å². The number of aromatic amines is 1. The standard InChI is InChI=1S/C20H22N4/c1-20(2,3)13-24-12-14-8-4-5-9-15(14)18-19(22-23-21-18)16-10-6-7-11-17(16)24/h4-11H,12-13H2,1-3H3,(H,21,22,23). The molecule has 0 atom stereocenters. The smallest absolute Gasteiger partial charge is 0.122 e. The van der Waals surface area contributed by atoms with E-state index in [-0.39, 0.29) is 5.41 Å². The summed E-state index contributed by atoms with van der Waals surface area (Å²) in [7, 11) is 0. The number of rotatable bonds is 1. The van der Waals surface area contributed by atoms with Crippen LogP contribution in [0.4, 0.5) is 5.69 Å². The predicted octanol–water partition coefficient (Wildman–Crippen LogP) is 4.50. The van der Waals surface area contributed by atoms with Crippen LogP contribution in [0.3, 0.4) is 0 Å². The summed E-state index contributed by atoms with van der Waals surface area (Å²) in [6, 6.07) is 17.0.